The van der Waals surface area contributed by atoms with E-state index < -0.39 is 10.0 Å². The lowest BCUT2D eigenvalue weighted by atomic mass is 10.1. The molecule has 0 saturated carbocycles. The van der Waals surface area contributed by atoms with Gasteiger partial charge in [0.1, 0.15) is 5.82 Å². The summed E-state index contributed by atoms with van der Waals surface area (Å²) in [6.07, 6.45) is 2.62. The maximum atomic E-state index is 12.9. The maximum absolute atomic E-state index is 12.9. The Labute approximate surface area is 177 Å². The second-order valence-corrected chi connectivity index (χ2v) is 10.4. The predicted molar refractivity (Wildman–Crippen MR) is 114 cm³/mol. The Hall–Kier alpha value is -1.64. The molecule has 1 N–H and O–H groups in total. The molecular formula is C20H29ClN4O3S. The van der Waals surface area contributed by atoms with Crippen LogP contribution in [0.2, 0.25) is 5.02 Å². The van der Waals surface area contributed by atoms with Crippen molar-refractivity contribution < 1.29 is 8.42 Å². The van der Waals surface area contributed by atoms with Crippen molar-refractivity contribution in [1.29, 1.82) is 0 Å². The molecule has 1 unspecified atom stereocenters. The van der Waals surface area contributed by atoms with E-state index in [4.69, 9.17) is 11.6 Å². The monoisotopic (exact) mass is 440 g/mol. The highest BCUT2D eigenvalue weighted by Gasteiger charge is 2.26. The minimum Gasteiger partial charge on any atom is -0.279 e. The standard InChI is InChI=1S/C20H29ClN4O3S/c1-13(2)7-10-25-20(26)24-9-8-16(5-6-19(24)22-25)23-29(27,28)18-12-14(3)17(21)11-15(18)4/h11-13,16,23H,5-10H2,1-4H3. The average Bonchev–Trinajstić information content (AvgIpc) is 2.79. The van der Waals surface area contributed by atoms with Gasteiger partial charge in [-0.15, -0.1) is 0 Å². The van der Waals surface area contributed by atoms with Crippen molar-refractivity contribution in [3.63, 3.8) is 0 Å². The average molecular weight is 441 g/mol. The van der Waals surface area contributed by atoms with Crippen molar-refractivity contribution in [3.8, 4) is 0 Å². The summed E-state index contributed by atoms with van der Waals surface area (Å²) in [4.78, 5) is 12.9. The molecule has 0 radical (unpaired) electrons. The van der Waals surface area contributed by atoms with Gasteiger partial charge in [-0.1, -0.05) is 25.4 Å². The van der Waals surface area contributed by atoms with Gasteiger partial charge in [0.05, 0.1) is 4.90 Å². The summed E-state index contributed by atoms with van der Waals surface area (Å²) in [7, 11) is -3.67. The number of benzene rings is 1. The first-order valence-electron chi connectivity index (χ1n) is 10.0. The van der Waals surface area contributed by atoms with E-state index in [-0.39, 0.29) is 16.6 Å². The van der Waals surface area contributed by atoms with Crippen LogP contribution < -0.4 is 10.4 Å². The summed E-state index contributed by atoms with van der Waals surface area (Å²) in [6.45, 7) is 8.83. The number of halogens is 1. The van der Waals surface area contributed by atoms with Gasteiger partial charge in [-0.3, -0.25) is 4.57 Å². The zero-order valence-corrected chi connectivity index (χ0v) is 19.0. The molecule has 1 aromatic carbocycles. The highest BCUT2D eigenvalue weighted by Crippen LogP contribution is 2.25. The fraction of sp³-hybridized carbons (Fsp3) is 0.600. The molecule has 160 valence electrons. The molecule has 9 heteroatoms. The number of hydrogen-bond acceptors (Lipinski definition) is 4. The number of nitrogens with zero attached hydrogens (tertiary/aromatic N) is 3. The van der Waals surface area contributed by atoms with E-state index in [9.17, 15) is 13.2 Å². The fourth-order valence-corrected chi connectivity index (χ4v) is 5.43. The SMILES string of the molecule is Cc1cc(S(=O)(=O)NC2CCc3nn(CCC(C)C)c(=O)n3CC2)c(C)cc1Cl. The molecule has 3 rings (SSSR count). The summed E-state index contributed by atoms with van der Waals surface area (Å²) in [5, 5.41) is 5.03. The lowest BCUT2D eigenvalue weighted by Gasteiger charge is -2.18. The Kier molecular flexibility index (Phi) is 6.55. The maximum Gasteiger partial charge on any atom is 0.345 e. The van der Waals surface area contributed by atoms with Crippen LogP contribution in [0.5, 0.6) is 0 Å². The van der Waals surface area contributed by atoms with E-state index in [2.05, 4.69) is 23.7 Å². The van der Waals surface area contributed by atoms with Crippen molar-refractivity contribution in [2.45, 2.75) is 77.4 Å². The van der Waals surface area contributed by atoms with Gasteiger partial charge in [0.15, 0.2) is 0 Å². The topological polar surface area (TPSA) is 86.0 Å². The number of fused-ring (bicyclic) bond motifs is 1. The number of rotatable bonds is 6. The van der Waals surface area contributed by atoms with E-state index in [1.54, 1.807) is 35.2 Å². The second-order valence-electron chi connectivity index (χ2n) is 8.27. The normalized spacial score (nSPS) is 17.4. The minimum atomic E-state index is -3.67. The Morgan fingerprint density at radius 1 is 1.24 bits per heavy atom. The van der Waals surface area contributed by atoms with Crippen molar-refractivity contribution in [3.05, 3.63) is 44.6 Å². The van der Waals surface area contributed by atoms with Gasteiger partial charge >= 0.3 is 5.69 Å². The van der Waals surface area contributed by atoms with Gasteiger partial charge < -0.3 is 0 Å². The van der Waals surface area contributed by atoms with Crippen molar-refractivity contribution in [2.75, 3.05) is 0 Å². The zero-order valence-electron chi connectivity index (χ0n) is 17.4. The van der Waals surface area contributed by atoms with Gasteiger partial charge in [-0.2, -0.15) is 5.10 Å². The Bertz CT molecular complexity index is 1060. The molecule has 1 aliphatic rings. The van der Waals surface area contributed by atoms with Crippen LogP contribution in [0.15, 0.2) is 21.8 Å². The molecule has 29 heavy (non-hydrogen) atoms. The summed E-state index contributed by atoms with van der Waals surface area (Å²) in [6, 6.07) is 3.03. The molecule has 0 spiro atoms. The molecule has 0 saturated heterocycles. The lowest BCUT2D eigenvalue weighted by Crippen LogP contribution is -2.36. The van der Waals surface area contributed by atoms with Crippen LogP contribution >= 0.6 is 11.6 Å². The molecule has 0 bridgehead atoms. The number of sulfonamides is 1. The first-order valence-corrected chi connectivity index (χ1v) is 11.9. The predicted octanol–water partition coefficient (Wildman–Crippen LogP) is 3.04. The Morgan fingerprint density at radius 3 is 2.66 bits per heavy atom. The van der Waals surface area contributed by atoms with E-state index in [1.165, 1.54) is 0 Å². The lowest BCUT2D eigenvalue weighted by molar-refractivity contribution is 0.458. The Balaban J connectivity index is 1.73. The molecule has 2 heterocycles. The third-order valence-electron chi connectivity index (χ3n) is 5.40. The van der Waals surface area contributed by atoms with Crippen molar-refractivity contribution in [2.24, 2.45) is 5.92 Å². The number of aryl methyl sites for hydroxylation is 4. The van der Waals surface area contributed by atoms with Crippen LogP contribution in [0.1, 0.15) is 50.1 Å². The molecule has 1 atom stereocenters. The molecule has 0 aliphatic carbocycles. The third kappa shape index (κ3) is 4.92. The van der Waals surface area contributed by atoms with E-state index >= 15 is 0 Å². The molecule has 2 aromatic rings. The Morgan fingerprint density at radius 2 is 1.97 bits per heavy atom. The summed E-state index contributed by atoms with van der Waals surface area (Å²) in [5.41, 5.74) is 1.23. The zero-order chi connectivity index (χ0) is 21.3. The van der Waals surface area contributed by atoms with Crippen LogP contribution in [-0.2, 0) is 29.5 Å². The fourth-order valence-electron chi connectivity index (χ4n) is 3.60. The minimum absolute atomic E-state index is 0.103. The number of hydrogen-bond donors (Lipinski definition) is 1. The second kappa shape index (κ2) is 8.62. The summed E-state index contributed by atoms with van der Waals surface area (Å²) >= 11 is 6.10. The quantitative estimate of drug-likeness (QED) is 0.747. The molecule has 1 aromatic heterocycles. The molecule has 0 amide bonds. The first-order chi connectivity index (χ1) is 13.6. The van der Waals surface area contributed by atoms with Gasteiger partial charge in [0.25, 0.3) is 0 Å². The summed E-state index contributed by atoms with van der Waals surface area (Å²) in [5.74, 6) is 1.24. The van der Waals surface area contributed by atoms with Gasteiger partial charge in [0.2, 0.25) is 10.0 Å². The van der Waals surface area contributed by atoms with Gasteiger partial charge in [-0.05, 0) is 62.3 Å². The molecule has 0 fully saturated rings. The molecular weight excluding hydrogens is 412 g/mol. The van der Waals surface area contributed by atoms with E-state index in [0.717, 1.165) is 17.8 Å². The largest absolute Gasteiger partial charge is 0.345 e. The van der Waals surface area contributed by atoms with Crippen molar-refractivity contribution >= 4 is 21.6 Å². The van der Waals surface area contributed by atoms with Crippen LogP contribution in [0.4, 0.5) is 0 Å². The van der Waals surface area contributed by atoms with E-state index in [1.807, 2.05) is 0 Å². The van der Waals surface area contributed by atoms with Gasteiger partial charge in [-0.25, -0.2) is 22.6 Å². The van der Waals surface area contributed by atoms with Crippen LogP contribution in [0.3, 0.4) is 0 Å². The highest BCUT2D eigenvalue weighted by atomic mass is 35.5. The molecule has 7 nitrogen and oxygen atoms in total. The number of aromatic nitrogens is 3. The van der Waals surface area contributed by atoms with E-state index in [0.29, 0.717) is 48.9 Å². The summed E-state index contributed by atoms with van der Waals surface area (Å²) < 4.78 is 31.9. The first kappa shape index (κ1) is 22.1. The van der Waals surface area contributed by atoms with Crippen LogP contribution in [0.25, 0.3) is 0 Å². The molecule has 1 aliphatic heterocycles. The number of nitrogens with one attached hydrogen (secondary N) is 1. The highest BCUT2D eigenvalue weighted by molar-refractivity contribution is 7.89. The van der Waals surface area contributed by atoms with Crippen LogP contribution in [0, 0.1) is 19.8 Å². The van der Waals surface area contributed by atoms with Crippen LogP contribution in [-0.4, -0.2) is 28.8 Å². The third-order valence-corrected chi connectivity index (χ3v) is 7.47. The van der Waals surface area contributed by atoms with Gasteiger partial charge in [0, 0.05) is 30.6 Å². The van der Waals surface area contributed by atoms with Crippen molar-refractivity contribution in [1.82, 2.24) is 19.1 Å². The smallest absolute Gasteiger partial charge is 0.279 e.